The summed E-state index contributed by atoms with van der Waals surface area (Å²) >= 11 is 0. The third kappa shape index (κ3) is 2.50. The fourth-order valence-corrected chi connectivity index (χ4v) is 1.34. The summed E-state index contributed by atoms with van der Waals surface area (Å²) in [5.74, 6) is -0.381. The molecule has 0 spiro atoms. The normalized spacial score (nSPS) is 12.3. The van der Waals surface area contributed by atoms with Gasteiger partial charge in [0.25, 0.3) is 0 Å². The van der Waals surface area contributed by atoms with Crippen molar-refractivity contribution in [1.82, 2.24) is 9.78 Å². The van der Waals surface area contributed by atoms with Gasteiger partial charge in [-0.2, -0.15) is 5.10 Å². The van der Waals surface area contributed by atoms with Crippen molar-refractivity contribution in [2.75, 3.05) is 0 Å². The Bertz CT molecular complexity index is 434. The van der Waals surface area contributed by atoms with E-state index in [0.717, 1.165) is 0 Å². The summed E-state index contributed by atoms with van der Waals surface area (Å²) in [6.07, 6.45) is 6.08. The quantitative estimate of drug-likeness (QED) is 0.736. The fourth-order valence-electron chi connectivity index (χ4n) is 1.34. The Morgan fingerprint density at radius 2 is 2.56 bits per heavy atom. The van der Waals surface area contributed by atoms with Crippen LogP contribution in [-0.4, -0.2) is 21.9 Å². The molecule has 0 saturated heterocycles. The first-order valence-corrected chi connectivity index (χ1v) is 4.96. The van der Waals surface area contributed by atoms with Gasteiger partial charge in [-0.25, -0.2) is 4.79 Å². The molecule has 0 radical (unpaired) electrons. The molecule has 2 aromatic heterocycles. The van der Waals surface area contributed by atoms with Crippen LogP contribution in [0.25, 0.3) is 0 Å². The lowest BCUT2D eigenvalue weighted by molar-refractivity contribution is 0.0298. The second kappa shape index (κ2) is 4.65. The Hall–Kier alpha value is -2.04. The molecule has 0 amide bonds. The molecule has 0 bridgehead atoms. The number of nitrogens with zero attached hydrogens (tertiary/aromatic N) is 2. The number of hydrogen-bond acceptors (Lipinski definition) is 4. The average molecular weight is 220 g/mol. The topological polar surface area (TPSA) is 57.3 Å². The maximum atomic E-state index is 11.5. The molecule has 2 heterocycles. The smallest absolute Gasteiger partial charge is 0.341 e. The van der Waals surface area contributed by atoms with Crippen LogP contribution in [0.1, 0.15) is 17.3 Å². The molecular weight excluding hydrogens is 208 g/mol. The van der Waals surface area contributed by atoms with E-state index in [1.54, 1.807) is 16.9 Å². The van der Waals surface area contributed by atoms with E-state index in [2.05, 4.69) is 5.10 Å². The van der Waals surface area contributed by atoms with Gasteiger partial charge in [0, 0.05) is 12.4 Å². The number of carbonyl (C=O) groups excluding carboxylic acids is 1. The first kappa shape index (κ1) is 10.5. The molecule has 2 aromatic rings. The summed E-state index contributed by atoms with van der Waals surface area (Å²) < 4.78 is 11.7. The summed E-state index contributed by atoms with van der Waals surface area (Å²) in [4.78, 5) is 11.5. The number of carbonyl (C=O) groups is 1. The van der Waals surface area contributed by atoms with E-state index < -0.39 is 0 Å². The number of rotatable bonds is 4. The standard InChI is InChI=1S/C11H12N2O3/c1-9(7-13-5-2-4-12-13)16-11(14)10-3-6-15-8-10/h2-6,8-9H,7H2,1H3/t9-/m1/s1. The molecule has 0 fully saturated rings. The Morgan fingerprint density at radius 3 is 3.19 bits per heavy atom. The number of furan rings is 1. The van der Waals surface area contributed by atoms with Gasteiger partial charge in [0.05, 0.1) is 18.4 Å². The van der Waals surface area contributed by atoms with Crippen molar-refractivity contribution in [2.45, 2.75) is 19.6 Å². The highest BCUT2D eigenvalue weighted by molar-refractivity contribution is 5.88. The second-order valence-electron chi connectivity index (χ2n) is 3.46. The Kier molecular flexibility index (Phi) is 3.05. The SMILES string of the molecule is C[C@H](Cn1cccn1)OC(=O)c1ccoc1. The van der Waals surface area contributed by atoms with Crippen LogP contribution in [-0.2, 0) is 11.3 Å². The largest absolute Gasteiger partial charge is 0.472 e. The van der Waals surface area contributed by atoms with E-state index in [0.29, 0.717) is 12.1 Å². The van der Waals surface area contributed by atoms with Crippen LogP contribution in [0.4, 0.5) is 0 Å². The van der Waals surface area contributed by atoms with Crippen LogP contribution in [0.5, 0.6) is 0 Å². The highest BCUT2D eigenvalue weighted by Gasteiger charge is 2.13. The minimum absolute atomic E-state index is 0.234. The van der Waals surface area contributed by atoms with E-state index in [1.807, 2.05) is 19.2 Å². The first-order valence-electron chi connectivity index (χ1n) is 4.96. The number of aromatic nitrogens is 2. The van der Waals surface area contributed by atoms with Crippen molar-refractivity contribution in [3.05, 3.63) is 42.6 Å². The third-order valence-corrected chi connectivity index (χ3v) is 2.07. The third-order valence-electron chi connectivity index (χ3n) is 2.07. The van der Waals surface area contributed by atoms with E-state index in [9.17, 15) is 4.79 Å². The molecule has 0 aliphatic heterocycles. The summed E-state index contributed by atoms with van der Waals surface area (Å²) in [6.45, 7) is 2.36. The van der Waals surface area contributed by atoms with Crippen LogP contribution in [0.3, 0.4) is 0 Å². The molecule has 2 rings (SSSR count). The molecule has 84 valence electrons. The minimum Gasteiger partial charge on any atom is -0.472 e. The summed E-state index contributed by atoms with van der Waals surface area (Å²) in [7, 11) is 0. The van der Waals surface area contributed by atoms with E-state index in [4.69, 9.17) is 9.15 Å². The van der Waals surface area contributed by atoms with Gasteiger partial charge < -0.3 is 9.15 Å². The van der Waals surface area contributed by atoms with Gasteiger partial charge in [-0.05, 0) is 19.1 Å². The van der Waals surface area contributed by atoms with Crippen molar-refractivity contribution >= 4 is 5.97 Å². The van der Waals surface area contributed by atoms with Gasteiger partial charge in [0.1, 0.15) is 12.4 Å². The molecule has 0 aliphatic carbocycles. The van der Waals surface area contributed by atoms with Crippen molar-refractivity contribution in [3.8, 4) is 0 Å². The highest BCUT2D eigenvalue weighted by Crippen LogP contribution is 2.05. The molecular formula is C11H12N2O3. The Labute approximate surface area is 92.6 Å². The zero-order valence-electron chi connectivity index (χ0n) is 8.87. The lowest BCUT2D eigenvalue weighted by atomic mass is 10.3. The Balaban J connectivity index is 1.88. The summed E-state index contributed by atoms with van der Waals surface area (Å²) in [5, 5.41) is 4.03. The van der Waals surface area contributed by atoms with E-state index in [-0.39, 0.29) is 12.1 Å². The average Bonchev–Trinajstić information content (AvgIpc) is 2.88. The van der Waals surface area contributed by atoms with Crippen molar-refractivity contribution in [1.29, 1.82) is 0 Å². The van der Waals surface area contributed by atoms with Crippen LogP contribution in [0.15, 0.2) is 41.5 Å². The van der Waals surface area contributed by atoms with Crippen LogP contribution < -0.4 is 0 Å². The maximum Gasteiger partial charge on any atom is 0.341 e. The zero-order valence-corrected chi connectivity index (χ0v) is 8.87. The molecule has 5 heteroatoms. The monoisotopic (exact) mass is 220 g/mol. The highest BCUT2D eigenvalue weighted by atomic mass is 16.5. The van der Waals surface area contributed by atoms with Gasteiger partial charge >= 0.3 is 5.97 Å². The molecule has 0 aromatic carbocycles. The number of ether oxygens (including phenoxy) is 1. The van der Waals surface area contributed by atoms with Crippen LogP contribution >= 0.6 is 0 Å². The molecule has 1 atom stereocenters. The van der Waals surface area contributed by atoms with Gasteiger partial charge in [-0.1, -0.05) is 0 Å². The van der Waals surface area contributed by atoms with Crippen molar-refractivity contribution in [3.63, 3.8) is 0 Å². The molecule has 0 saturated carbocycles. The molecule has 5 nitrogen and oxygen atoms in total. The van der Waals surface area contributed by atoms with Gasteiger partial charge in [-0.15, -0.1) is 0 Å². The molecule has 0 N–H and O–H groups in total. The first-order chi connectivity index (χ1) is 7.75. The van der Waals surface area contributed by atoms with Crippen molar-refractivity contribution in [2.24, 2.45) is 0 Å². The lowest BCUT2D eigenvalue weighted by Crippen LogP contribution is -2.20. The predicted octanol–water partition coefficient (Wildman–Crippen LogP) is 1.72. The van der Waals surface area contributed by atoms with Crippen LogP contribution in [0, 0.1) is 0 Å². The van der Waals surface area contributed by atoms with Crippen LogP contribution in [0.2, 0.25) is 0 Å². The van der Waals surface area contributed by atoms with E-state index >= 15 is 0 Å². The van der Waals surface area contributed by atoms with E-state index in [1.165, 1.54) is 12.5 Å². The summed E-state index contributed by atoms with van der Waals surface area (Å²) in [6, 6.07) is 3.40. The number of esters is 1. The lowest BCUT2D eigenvalue weighted by Gasteiger charge is -2.12. The molecule has 0 unspecified atom stereocenters. The Morgan fingerprint density at radius 1 is 1.69 bits per heavy atom. The number of hydrogen-bond donors (Lipinski definition) is 0. The maximum absolute atomic E-state index is 11.5. The van der Waals surface area contributed by atoms with Gasteiger partial charge in [0.15, 0.2) is 0 Å². The molecule has 0 aliphatic rings. The zero-order chi connectivity index (χ0) is 11.4. The van der Waals surface area contributed by atoms with Crippen molar-refractivity contribution < 1.29 is 13.9 Å². The molecule has 16 heavy (non-hydrogen) atoms. The minimum atomic E-state index is -0.381. The second-order valence-corrected chi connectivity index (χ2v) is 3.46. The van der Waals surface area contributed by atoms with Gasteiger partial charge in [0.2, 0.25) is 0 Å². The van der Waals surface area contributed by atoms with Gasteiger partial charge in [-0.3, -0.25) is 4.68 Å². The predicted molar refractivity (Wildman–Crippen MR) is 55.8 cm³/mol. The summed E-state index contributed by atoms with van der Waals surface area (Å²) in [5.41, 5.74) is 0.423. The fraction of sp³-hybridized carbons (Fsp3) is 0.273.